The Hall–Kier alpha value is -2.51. The second-order valence-corrected chi connectivity index (χ2v) is 3.66. The number of rotatable bonds is 3. The Morgan fingerprint density at radius 2 is 2.00 bits per heavy atom. The summed E-state index contributed by atoms with van der Waals surface area (Å²) < 4.78 is 32.0. The van der Waals surface area contributed by atoms with Crippen LogP contribution in [0.5, 0.6) is 5.75 Å². The van der Waals surface area contributed by atoms with Gasteiger partial charge in [-0.05, 0) is 6.07 Å². The molecule has 0 saturated heterocycles. The number of carbonyl (C=O) groups is 1. The van der Waals surface area contributed by atoms with Gasteiger partial charge in [-0.2, -0.15) is 9.90 Å². The lowest BCUT2D eigenvalue weighted by molar-refractivity contribution is 0.0690. The number of methoxy groups -OCH3 is 1. The van der Waals surface area contributed by atoms with Gasteiger partial charge in [0, 0.05) is 18.7 Å². The standard InChI is InChI=1S/C11H9F2N3O3/c1-16-14-9(10(15-16)11(17)18)5-3-7(13)8(19-2)4-6(5)12/h3-4H,1-2H3,(H,17,18). The summed E-state index contributed by atoms with van der Waals surface area (Å²) in [4.78, 5) is 11.9. The smallest absolute Gasteiger partial charge is 0.358 e. The molecule has 6 nitrogen and oxygen atoms in total. The molecule has 0 aliphatic heterocycles. The molecule has 1 aromatic carbocycles. The molecule has 0 fully saturated rings. The lowest BCUT2D eigenvalue weighted by Crippen LogP contribution is -2.01. The fraction of sp³-hybridized carbons (Fsp3) is 0.182. The van der Waals surface area contributed by atoms with E-state index in [0.717, 1.165) is 16.9 Å². The number of hydrogen-bond donors (Lipinski definition) is 1. The van der Waals surface area contributed by atoms with Crippen LogP contribution in [0.2, 0.25) is 0 Å². The second-order valence-electron chi connectivity index (χ2n) is 3.66. The first-order chi connectivity index (χ1) is 8.93. The van der Waals surface area contributed by atoms with Crippen molar-refractivity contribution in [2.45, 2.75) is 0 Å². The molecule has 0 radical (unpaired) electrons. The van der Waals surface area contributed by atoms with Gasteiger partial charge in [-0.25, -0.2) is 13.6 Å². The van der Waals surface area contributed by atoms with E-state index in [0.29, 0.717) is 0 Å². The van der Waals surface area contributed by atoms with Crippen LogP contribution in [-0.2, 0) is 7.05 Å². The molecule has 2 rings (SSSR count). The highest BCUT2D eigenvalue weighted by Gasteiger charge is 2.22. The Morgan fingerprint density at radius 1 is 1.32 bits per heavy atom. The molecule has 0 saturated carbocycles. The molecule has 0 unspecified atom stereocenters. The number of aryl methyl sites for hydroxylation is 1. The van der Waals surface area contributed by atoms with E-state index in [1.54, 1.807) is 0 Å². The van der Waals surface area contributed by atoms with Crippen LogP contribution >= 0.6 is 0 Å². The average molecular weight is 269 g/mol. The first-order valence-electron chi connectivity index (χ1n) is 5.12. The van der Waals surface area contributed by atoms with E-state index in [1.807, 2.05) is 0 Å². The van der Waals surface area contributed by atoms with Gasteiger partial charge in [0.2, 0.25) is 0 Å². The average Bonchev–Trinajstić information content (AvgIpc) is 2.73. The zero-order valence-corrected chi connectivity index (χ0v) is 10.0. The molecule has 8 heteroatoms. The van der Waals surface area contributed by atoms with Crippen LogP contribution in [0, 0.1) is 11.6 Å². The number of aromatic nitrogens is 3. The summed E-state index contributed by atoms with van der Waals surface area (Å²) in [7, 11) is 2.58. The number of hydrogen-bond acceptors (Lipinski definition) is 4. The Morgan fingerprint density at radius 3 is 2.58 bits per heavy atom. The fourth-order valence-electron chi connectivity index (χ4n) is 1.60. The first kappa shape index (κ1) is 12.9. The molecule has 0 atom stereocenters. The third kappa shape index (κ3) is 2.24. The van der Waals surface area contributed by atoms with E-state index in [4.69, 9.17) is 5.11 Å². The number of carboxylic acid groups (broad SMARTS) is 1. The lowest BCUT2D eigenvalue weighted by Gasteiger charge is -2.05. The summed E-state index contributed by atoms with van der Waals surface area (Å²) in [6, 6.07) is 1.65. The van der Waals surface area contributed by atoms with Gasteiger partial charge < -0.3 is 9.84 Å². The fourth-order valence-corrected chi connectivity index (χ4v) is 1.60. The number of halogens is 2. The molecular formula is C11H9F2N3O3. The van der Waals surface area contributed by atoms with E-state index in [-0.39, 0.29) is 17.0 Å². The number of benzene rings is 1. The minimum atomic E-state index is -1.38. The van der Waals surface area contributed by atoms with E-state index in [9.17, 15) is 13.6 Å². The van der Waals surface area contributed by atoms with Crippen molar-refractivity contribution in [3.63, 3.8) is 0 Å². The van der Waals surface area contributed by atoms with E-state index in [1.165, 1.54) is 14.2 Å². The van der Waals surface area contributed by atoms with Crippen LogP contribution in [-0.4, -0.2) is 33.2 Å². The van der Waals surface area contributed by atoms with Crippen molar-refractivity contribution in [1.29, 1.82) is 0 Å². The van der Waals surface area contributed by atoms with Gasteiger partial charge in [0.15, 0.2) is 17.3 Å². The summed E-state index contributed by atoms with van der Waals surface area (Å²) in [6.07, 6.45) is 0. The number of nitrogens with zero attached hydrogens (tertiary/aromatic N) is 3. The maximum absolute atomic E-state index is 13.8. The Labute approximate surface area is 106 Å². The molecule has 0 aliphatic rings. The second kappa shape index (κ2) is 4.63. The molecule has 100 valence electrons. The summed E-state index contributed by atoms with van der Waals surface area (Å²) in [5.41, 5.74) is -0.983. The third-order valence-corrected chi connectivity index (χ3v) is 2.41. The highest BCUT2D eigenvalue weighted by molar-refractivity contribution is 5.92. The molecule has 0 aliphatic carbocycles. The van der Waals surface area contributed by atoms with E-state index in [2.05, 4.69) is 14.9 Å². The molecule has 0 amide bonds. The van der Waals surface area contributed by atoms with Crippen LogP contribution in [0.15, 0.2) is 12.1 Å². The minimum Gasteiger partial charge on any atom is -0.494 e. The van der Waals surface area contributed by atoms with Gasteiger partial charge in [-0.3, -0.25) is 0 Å². The Kier molecular flexibility index (Phi) is 3.16. The van der Waals surface area contributed by atoms with Crippen molar-refractivity contribution in [2.24, 2.45) is 7.05 Å². The highest BCUT2D eigenvalue weighted by Crippen LogP contribution is 2.29. The highest BCUT2D eigenvalue weighted by atomic mass is 19.1. The van der Waals surface area contributed by atoms with Gasteiger partial charge in [-0.1, -0.05) is 0 Å². The van der Waals surface area contributed by atoms with Crippen LogP contribution in [0.25, 0.3) is 11.3 Å². The summed E-state index contributed by atoms with van der Waals surface area (Å²) in [5.74, 6) is -3.32. The van der Waals surface area contributed by atoms with Crippen molar-refractivity contribution in [3.05, 3.63) is 29.5 Å². The maximum atomic E-state index is 13.8. The van der Waals surface area contributed by atoms with Crippen molar-refractivity contribution >= 4 is 5.97 Å². The Balaban J connectivity index is 2.65. The largest absolute Gasteiger partial charge is 0.494 e. The van der Waals surface area contributed by atoms with Gasteiger partial charge in [0.1, 0.15) is 11.5 Å². The topological polar surface area (TPSA) is 77.2 Å². The zero-order valence-electron chi connectivity index (χ0n) is 10.0. The molecule has 1 N–H and O–H groups in total. The van der Waals surface area contributed by atoms with E-state index < -0.39 is 23.3 Å². The van der Waals surface area contributed by atoms with Crippen LogP contribution < -0.4 is 4.74 Å². The normalized spacial score (nSPS) is 10.5. The maximum Gasteiger partial charge on any atom is 0.358 e. The molecule has 2 aromatic rings. The monoisotopic (exact) mass is 269 g/mol. The predicted octanol–water partition coefficient (Wildman–Crippen LogP) is 1.47. The quantitative estimate of drug-likeness (QED) is 0.912. The summed E-state index contributed by atoms with van der Waals surface area (Å²) >= 11 is 0. The molecule has 1 aromatic heterocycles. The molecule has 0 spiro atoms. The SMILES string of the molecule is COc1cc(F)c(-c2nn(C)nc2C(=O)O)cc1F. The van der Waals surface area contributed by atoms with Crippen molar-refractivity contribution in [3.8, 4) is 17.0 Å². The zero-order chi connectivity index (χ0) is 14.2. The van der Waals surface area contributed by atoms with Crippen LogP contribution in [0.4, 0.5) is 8.78 Å². The first-order valence-corrected chi connectivity index (χ1v) is 5.12. The third-order valence-electron chi connectivity index (χ3n) is 2.41. The lowest BCUT2D eigenvalue weighted by atomic mass is 10.1. The predicted molar refractivity (Wildman–Crippen MR) is 59.9 cm³/mol. The van der Waals surface area contributed by atoms with Crippen molar-refractivity contribution in [2.75, 3.05) is 7.11 Å². The van der Waals surface area contributed by atoms with E-state index >= 15 is 0 Å². The van der Waals surface area contributed by atoms with Gasteiger partial charge >= 0.3 is 5.97 Å². The number of carboxylic acids is 1. The number of aromatic carboxylic acids is 1. The van der Waals surface area contributed by atoms with Crippen molar-refractivity contribution in [1.82, 2.24) is 15.0 Å². The summed E-state index contributed by atoms with van der Waals surface area (Å²) in [5, 5.41) is 16.3. The molecular weight excluding hydrogens is 260 g/mol. The van der Waals surface area contributed by atoms with Crippen LogP contribution in [0.3, 0.4) is 0 Å². The minimum absolute atomic E-state index is 0.242. The molecule has 19 heavy (non-hydrogen) atoms. The van der Waals surface area contributed by atoms with Crippen molar-refractivity contribution < 1.29 is 23.4 Å². The Bertz CT molecular complexity index is 655. The molecule has 0 bridgehead atoms. The summed E-state index contributed by atoms with van der Waals surface area (Å²) in [6.45, 7) is 0. The number of ether oxygens (including phenoxy) is 1. The van der Waals surface area contributed by atoms with Gasteiger partial charge in [-0.15, -0.1) is 5.10 Å². The van der Waals surface area contributed by atoms with Crippen LogP contribution in [0.1, 0.15) is 10.5 Å². The van der Waals surface area contributed by atoms with Gasteiger partial charge in [0.05, 0.1) is 7.11 Å². The molecule has 1 heterocycles. The van der Waals surface area contributed by atoms with Gasteiger partial charge in [0.25, 0.3) is 0 Å².